The predicted molar refractivity (Wildman–Crippen MR) is 120 cm³/mol. The van der Waals surface area contributed by atoms with Gasteiger partial charge in [0.05, 0.1) is 7.11 Å². The van der Waals surface area contributed by atoms with Gasteiger partial charge in [-0.05, 0) is 54.2 Å². The van der Waals surface area contributed by atoms with E-state index in [9.17, 15) is 0 Å². The Morgan fingerprint density at radius 3 is 1.96 bits per heavy atom. The second-order valence-electron chi connectivity index (χ2n) is 8.75. The van der Waals surface area contributed by atoms with E-state index in [0.29, 0.717) is 6.61 Å². The molecule has 4 heteroatoms. The summed E-state index contributed by atoms with van der Waals surface area (Å²) in [5.41, 5.74) is 2.31. The van der Waals surface area contributed by atoms with Gasteiger partial charge in [0, 0.05) is 13.2 Å². The van der Waals surface area contributed by atoms with E-state index in [4.69, 9.17) is 13.9 Å². The molecular formula is C24H36O3Si. The Kier molecular flexibility index (Phi) is 8.29. The molecule has 0 bridgehead atoms. The largest absolute Gasteiger partial charge is 0.497 e. The highest BCUT2D eigenvalue weighted by atomic mass is 28.4. The summed E-state index contributed by atoms with van der Waals surface area (Å²) in [7, 11) is 0.0326. The van der Waals surface area contributed by atoms with Crippen molar-refractivity contribution >= 4 is 8.32 Å². The number of ether oxygens (including phenoxy) is 2. The van der Waals surface area contributed by atoms with Crippen LogP contribution in [-0.2, 0) is 9.16 Å². The van der Waals surface area contributed by atoms with Gasteiger partial charge in [-0.15, -0.1) is 0 Å². The molecule has 0 saturated carbocycles. The zero-order valence-corrected chi connectivity index (χ0v) is 19.3. The molecule has 3 nitrogen and oxygen atoms in total. The van der Waals surface area contributed by atoms with Gasteiger partial charge in [0.2, 0.25) is 0 Å². The number of unbranched alkanes of at least 4 members (excludes halogenated alkanes) is 1. The van der Waals surface area contributed by atoms with E-state index >= 15 is 0 Å². The van der Waals surface area contributed by atoms with Crippen molar-refractivity contribution in [1.29, 1.82) is 0 Å². The maximum atomic E-state index is 6.30. The molecule has 0 aliphatic rings. The van der Waals surface area contributed by atoms with E-state index in [1.165, 1.54) is 5.56 Å². The molecule has 1 atom stereocenters. The van der Waals surface area contributed by atoms with Gasteiger partial charge in [-0.25, -0.2) is 0 Å². The van der Waals surface area contributed by atoms with Gasteiger partial charge >= 0.3 is 0 Å². The molecule has 0 amide bonds. The Morgan fingerprint density at radius 2 is 1.39 bits per heavy atom. The van der Waals surface area contributed by atoms with Gasteiger partial charge < -0.3 is 13.9 Å². The van der Waals surface area contributed by atoms with Crippen molar-refractivity contribution in [2.75, 3.05) is 20.3 Å². The highest BCUT2D eigenvalue weighted by molar-refractivity contribution is 6.74. The molecule has 0 spiro atoms. The summed E-state index contributed by atoms with van der Waals surface area (Å²) >= 11 is 0. The first-order chi connectivity index (χ1) is 13.2. The van der Waals surface area contributed by atoms with E-state index in [-0.39, 0.29) is 11.1 Å². The van der Waals surface area contributed by atoms with Crippen LogP contribution < -0.4 is 4.74 Å². The van der Waals surface area contributed by atoms with E-state index in [2.05, 4.69) is 70.3 Å². The van der Waals surface area contributed by atoms with E-state index in [1.54, 1.807) is 7.11 Å². The van der Waals surface area contributed by atoms with Crippen molar-refractivity contribution in [2.24, 2.45) is 0 Å². The third-order valence-electron chi connectivity index (χ3n) is 5.61. The first-order valence-electron chi connectivity index (χ1n) is 10.2. The fourth-order valence-electron chi connectivity index (χ4n) is 2.74. The Morgan fingerprint density at radius 1 is 0.821 bits per heavy atom. The Hall–Kier alpha value is -1.62. The number of methoxy groups -OCH3 is 1. The summed E-state index contributed by atoms with van der Waals surface area (Å²) in [6.45, 7) is 13.0. The third kappa shape index (κ3) is 6.47. The molecule has 0 aliphatic carbocycles. The highest BCUT2D eigenvalue weighted by Gasteiger charge is 2.36. The molecule has 0 N–H and O–H groups in total. The van der Waals surface area contributed by atoms with Crippen molar-refractivity contribution in [3.63, 3.8) is 0 Å². The summed E-state index contributed by atoms with van der Waals surface area (Å²) < 4.78 is 17.8. The summed E-state index contributed by atoms with van der Waals surface area (Å²) in [5.74, 6) is 0.860. The van der Waals surface area contributed by atoms with Gasteiger partial charge in [-0.3, -0.25) is 0 Å². The molecule has 0 heterocycles. The van der Waals surface area contributed by atoms with Crippen molar-refractivity contribution < 1.29 is 13.9 Å². The standard InChI is InChI=1S/C24H36O3Si/c1-24(2,3)28(5,6)27-19-11-10-18-26-23(20-12-8-7-9-13-20)21-14-16-22(25-4)17-15-21/h7-9,12-17,23H,10-11,18-19H2,1-6H3. The summed E-state index contributed by atoms with van der Waals surface area (Å²) in [4.78, 5) is 0. The smallest absolute Gasteiger partial charge is 0.191 e. The van der Waals surface area contributed by atoms with Crippen LogP contribution in [0.3, 0.4) is 0 Å². The van der Waals surface area contributed by atoms with Crippen molar-refractivity contribution in [3.8, 4) is 5.75 Å². The molecule has 0 radical (unpaired) electrons. The van der Waals surface area contributed by atoms with Crippen LogP contribution in [0, 0.1) is 0 Å². The number of hydrogen-bond acceptors (Lipinski definition) is 3. The van der Waals surface area contributed by atoms with Crippen molar-refractivity contribution in [2.45, 2.75) is 57.8 Å². The first-order valence-corrected chi connectivity index (χ1v) is 13.1. The molecule has 0 saturated heterocycles. The second-order valence-corrected chi connectivity index (χ2v) is 13.6. The molecular weight excluding hydrogens is 364 g/mol. The normalized spacial score (nSPS) is 13.4. The van der Waals surface area contributed by atoms with Crippen LogP contribution in [0.4, 0.5) is 0 Å². The van der Waals surface area contributed by atoms with Gasteiger partial charge in [-0.2, -0.15) is 0 Å². The van der Waals surface area contributed by atoms with Crippen molar-refractivity contribution in [3.05, 3.63) is 65.7 Å². The lowest BCUT2D eigenvalue weighted by Gasteiger charge is -2.36. The third-order valence-corrected chi connectivity index (χ3v) is 10.2. The average molecular weight is 401 g/mol. The zero-order valence-electron chi connectivity index (χ0n) is 18.3. The molecule has 2 aromatic rings. The van der Waals surface area contributed by atoms with E-state index in [0.717, 1.165) is 30.8 Å². The number of benzene rings is 2. The number of hydrogen-bond donors (Lipinski definition) is 0. The fraction of sp³-hybridized carbons (Fsp3) is 0.500. The first kappa shape index (κ1) is 22.7. The van der Waals surface area contributed by atoms with Crippen LogP contribution in [0.25, 0.3) is 0 Å². The van der Waals surface area contributed by atoms with Crippen LogP contribution in [0.5, 0.6) is 5.75 Å². The molecule has 2 rings (SSSR count). The summed E-state index contributed by atoms with van der Waals surface area (Å²) in [5, 5.41) is 0.260. The SMILES string of the molecule is COc1ccc(C(OCCCCO[Si](C)(C)C(C)(C)C)c2ccccc2)cc1. The second kappa shape index (κ2) is 10.2. The van der Waals surface area contributed by atoms with Crippen LogP contribution in [0.15, 0.2) is 54.6 Å². The Bertz CT molecular complexity index is 690. The van der Waals surface area contributed by atoms with Crippen LogP contribution in [0.1, 0.15) is 50.8 Å². The van der Waals surface area contributed by atoms with Crippen LogP contribution >= 0.6 is 0 Å². The van der Waals surface area contributed by atoms with Gasteiger partial charge in [-0.1, -0.05) is 63.2 Å². The quantitative estimate of drug-likeness (QED) is 0.332. The Balaban J connectivity index is 1.90. The van der Waals surface area contributed by atoms with E-state index in [1.807, 2.05) is 18.2 Å². The lowest BCUT2D eigenvalue weighted by molar-refractivity contribution is 0.0745. The predicted octanol–water partition coefficient (Wildman–Crippen LogP) is 6.60. The fourth-order valence-corrected chi connectivity index (χ4v) is 3.83. The molecule has 0 fully saturated rings. The topological polar surface area (TPSA) is 27.7 Å². The lowest BCUT2D eigenvalue weighted by Crippen LogP contribution is -2.40. The molecule has 1 unspecified atom stereocenters. The molecule has 28 heavy (non-hydrogen) atoms. The highest BCUT2D eigenvalue weighted by Crippen LogP contribution is 2.36. The van der Waals surface area contributed by atoms with Crippen LogP contribution in [0.2, 0.25) is 18.1 Å². The molecule has 0 aliphatic heterocycles. The minimum atomic E-state index is -1.65. The van der Waals surface area contributed by atoms with E-state index < -0.39 is 8.32 Å². The molecule has 0 aromatic heterocycles. The molecule has 2 aromatic carbocycles. The van der Waals surface area contributed by atoms with Gasteiger partial charge in [0.1, 0.15) is 11.9 Å². The Labute approximate surface area is 172 Å². The number of rotatable bonds is 10. The average Bonchev–Trinajstić information content (AvgIpc) is 2.67. The lowest BCUT2D eigenvalue weighted by atomic mass is 10.0. The monoisotopic (exact) mass is 400 g/mol. The summed E-state index contributed by atoms with van der Waals surface area (Å²) in [6.07, 6.45) is 1.96. The van der Waals surface area contributed by atoms with Gasteiger partial charge in [0.25, 0.3) is 0 Å². The van der Waals surface area contributed by atoms with Crippen molar-refractivity contribution in [1.82, 2.24) is 0 Å². The molecule has 154 valence electrons. The maximum Gasteiger partial charge on any atom is 0.191 e. The minimum absolute atomic E-state index is 0.0617. The summed E-state index contributed by atoms with van der Waals surface area (Å²) in [6, 6.07) is 18.5. The minimum Gasteiger partial charge on any atom is -0.497 e. The zero-order chi connectivity index (χ0) is 20.6. The van der Waals surface area contributed by atoms with Crippen LogP contribution in [-0.4, -0.2) is 28.6 Å². The van der Waals surface area contributed by atoms with Gasteiger partial charge in [0.15, 0.2) is 8.32 Å². The maximum absolute atomic E-state index is 6.30.